The highest BCUT2D eigenvalue weighted by Crippen LogP contribution is 2.25. The molecule has 8 heteroatoms. The van der Waals surface area contributed by atoms with Gasteiger partial charge in [0.05, 0.1) is 11.7 Å². The zero-order valence-electron chi connectivity index (χ0n) is 17.1. The molecule has 3 rings (SSSR count). The molecule has 1 unspecified atom stereocenters. The molecule has 3 aromatic rings. The van der Waals surface area contributed by atoms with Crippen molar-refractivity contribution in [3.63, 3.8) is 0 Å². The van der Waals surface area contributed by atoms with Crippen LogP contribution in [0.25, 0.3) is 11.5 Å². The Kier molecular flexibility index (Phi) is 5.48. The van der Waals surface area contributed by atoms with Crippen LogP contribution in [0.1, 0.15) is 48.3 Å². The predicted molar refractivity (Wildman–Crippen MR) is 107 cm³/mol. The molecule has 0 radical (unpaired) electrons. The van der Waals surface area contributed by atoms with Crippen molar-refractivity contribution in [1.82, 2.24) is 25.3 Å². The first-order chi connectivity index (χ1) is 13.3. The molecule has 2 aromatic heterocycles. The average molecular weight is 382 g/mol. The van der Waals surface area contributed by atoms with Gasteiger partial charge in [-0.15, -0.1) is 10.2 Å². The van der Waals surface area contributed by atoms with Gasteiger partial charge in [-0.1, -0.05) is 6.07 Å². The Balaban J connectivity index is 1.75. The van der Waals surface area contributed by atoms with Gasteiger partial charge < -0.3 is 15.1 Å². The Morgan fingerprint density at radius 3 is 2.57 bits per heavy atom. The quantitative estimate of drug-likeness (QED) is 0.693. The molecule has 0 saturated carbocycles. The maximum absolute atomic E-state index is 12.6. The summed E-state index contributed by atoms with van der Waals surface area (Å²) in [6, 6.07) is 5.19. The lowest BCUT2D eigenvalue weighted by molar-refractivity contribution is 0.249. The number of carbonyl (C=O) groups is 1. The minimum absolute atomic E-state index is 0.164. The third-order valence-electron chi connectivity index (χ3n) is 4.78. The summed E-state index contributed by atoms with van der Waals surface area (Å²) in [6.07, 6.45) is 0. The molecule has 28 heavy (non-hydrogen) atoms. The van der Waals surface area contributed by atoms with E-state index in [2.05, 4.69) is 32.9 Å². The Morgan fingerprint density at radius 1 is 1.21 bits per heavy atom. The van der Waals surface area contributed by atoms with Crippen LogP contribution in [-0.2, 0) is 6.54 Å². The van der Waals surface area contributed by atoms with Crippen LogP contribution in [0, 0.1) is 27.7 Å². The van der Waals surface area contributed by atoms with Gasteiger partial charge in [0.1, 0.15) is 0 Å². The number of amides is 2. The molecule has 0 fully saturated rings. The highest BCUT2D eigenvalue weighted by molar-refractivity contribution is 5.91. The zero-order chi connectivity index (χ0) is 20.4. The summed E-state index contributed by atoms with van der Waals surface area (Å²) in [5.74, 6) is 0.919. The molecule has 0 aliphatic heterocycles. The monoisotopic (exact) mass is 382 g/mol. The summed E-state index contributed by atoms with van der Waals surface area (Å²) in [7, 11) is 0. The van der Waals surface area contributed by atoms with Gasteiger partial charge in [-0.3, -0.25) is 4.68 Å². The van der Waals surface area contributed by atoms with Crippen molar-refractivity contribution < 1.29 is 9.21 Å². The third-order valence-corrected chi connectivity index (χ3v) is 4.78. The van der Waals surface area contributed by atoms with E-state index in [-0.39, 0.29) is 12.1 Å². The van der Waals surface area contributed by atoms with Crippen molar-refractivity contribution in [2.75, 3.05) is 5.32 Å². The van der Waals surface area contributed by atoms with E-state index in [0.717, 1.165) is 34.6 Å². The summed E-state index contributed by atoms with van der Waals surface area (Å²) >= 11 is 0. The molecule has 0 aliphatic rings. The van der Waals surface area contributed by atoms with E-state index >= 15 is 0 Å². The fourth-order valence-electron chi connectivity index (χ4n) is 3.38. The lowest BCUT2D eigenvalue weighted by Crippen LogP contribution is -2.32. The second kappa shape index (κ2) is 7.84. The van der Waals surface area contributed by atoms with Crippen molar-refractivity contribution in [2.24, 2.45) is 0 Å². The van der Waals surface area contributed by atoms with Crippen molar-refractivity contribution in [1.29, 1.82) is 0 Å². The number of nitrogens with one attached hydrogen (secondary N) is 2. The van der Waals surface area contributed by atoms with Gasteiger partial charge in [0, 0.05) is 36.0 Å². The third kappa shape index (κ3) is 3.90. The second-order valence-electron chi connectivity index (χ2n) is 6.88. The van der Waals surface area contributed by atoms with Crippen LogP contribution in [-0.4, -0.2) is 26.0 Å². The first-order valence-electron chi connectivity index (χ1n) is 9.32. The number of nitrogens with zero attached hydrogens (tertiary/aromatic N) is 4. The molecule has 1 atom stereocenters. The number of hydrogen-bond donors (Lipinski definition) is 2. The lowest BCUT2D eigenvalue weighted by atomic mass is 10.1. The minimum atomic E-state index is -0.280. The molecule has 0 spiro atoms. The van der Waals surface area contributed by atoms with E-state index in [4.69, 9.17) is 4.42 Å². The lowest BCUT2D eigenvalue weighted by Gasteiger charge is -2.17. The van der Waals surface area contributed by atoms with Gasteiger partial charge >= 0.3 is 6.03 Å². The maximum atomic E-state index is 12.6. The number of rotatable bonds is 5. The summed E-state index contributed by atoms with van der Waals surface area (Å²) in [6.45, 7) is 12.5. The van der Waals surface area contributed by atoms with Crippen molar-refractivity contribution in [2.45, 2.75) is 54.1 Å². The van der Waals surface area contributed by atoms with Crippen molar-refractivity contribution in [3.8, 4) is 11.5 Å². The highest BCUT2D eigenvalue weighted by Gasteiger charge is 2.19. The Morgan fingerprint density at radius 2 is 1.96 bits per heavy atom. The summed E-state index contributed by atoms with van der Waals surface area (Å²) in [4.78, 5) is 12.6. The molecule has 0 bridgehead atoms. The topological polar surface area (TPSA) is 97.9 Å². The van der Waals surface area contributed by atoms with Gasteiger partial charge in [-0.2, -0.15) is 5.10 Å². The Labute approximate surface area is 164 Å². The van der Waals surface area contributed by atoms with Crippen LogP contribution in [0.15, 0.2) is 22.6 Å². The van der Waals surface area contributed by atoms with Gasteiger partial charge in [-0.25, -0.2) is 4.79 Å². The van der Waals surface area contributed by atoms with Crippen LogP contribution in [0.5, 0.6) is 0 Å². The Bertz CT molecular complexity index is 1000. The maximum Gasteiger partial charge on any atom is 0.319 e. The highest BCUT2D eigenvalue weighted by atomic mass is 16.4. The molecule has 2 heterocycles. The van der Waals surface area contributed by atoms with E-state index in [1.807, 2.05) is 50.6 Å². The van der Waals surface area contributed by atoms with E-state index in [1.165, 1.54) is 0 Å². The van der Waals surface area contributed by atoms with E-state index < -0.39 is 0 Å². The van der Waals surface area contributed by atoms with Gasteiger partial charge in [0.2, 0.25) is 11.8 Å². The Hall–Kier alpha value is -3.16. The normalized spacial score (nSPS) is 12.1. The zero-order valence-corrected chi connectivity index (χ0v) is 17.1. The van der Waals surface area contributed by atoms with Crippen LogP contribution >= 0.6 is 0 Å². The number of benzene rings is 1. The van der Waals surface area contributed by atoms with Gasteiger partial charge in [0.25, 0.3) is 0 Å². The van der Waals surface area contributed by atoms with Crippen LogP contribution < -0.4 is 10.6 Å². The number of aromatic nitrogens is 4. The number of hydrogen-bond acceptors (Lipinski definition) is 5. The largest absolute Gasteiger partial charge is 0.421 e. The molecule has 2 N–H and O–H groups in total. The molecule has 1 aromatic carbocycles. The smallest absolute Gasteiger partial charge is 0.319 e. The fourth-order valence-corrected chi connectivity index (χ4v) is 3.38. The molecule has 148 valence electrons. The summed E-state index contributed by atoms with van der Waals surface area (Å²) in [5, 5.41) is 18.3. The number of carbonyl (C=O) groups excluding carboxylic acids is 1. The SMILES string of the molecule is CCn1nc(C)c(C(C)NC(=O)Nc2cc(-c3nnc(C)o3)ccc2C)c1C. The number of anilines is 1. The van der Waals surface area contributed by atoms with Gasteiger partial charge in [-0.05, 0) is 52.3 Å². The van der Waals surface area contributed by atoms with E-state index in [0.29, 0.717) is 17.5 Å². The van der Waals surface area contributed by atoms with Crippen molar-refractivity contribution in [3.05, 3.63) is 46.6 Å². The van der Waals surface area contributed by atoms with E-state index in [9.17, 15) is 4.79 Å². The predicted octanol–water partition coefficient (Wildman–Crippen LogP) is 4.07. The number of urea groups is 1. The first-order valence-corrected chi connectivity index (χ1v) is 9.32. The molecular weight excluding hydrogens is 356 g/mol. The summed E-state index contributed by atoms with van der Waals surface area (Å²) < 4.78 is 7.42. The van der Waals surface area contributed by atoms with E-state index in [1.54, 1.807) is 6.92 Å². The van der Waals surface area contributed by atoms with Gasteiger partial charge in [0.15, 0.2) is 0 Å². The van der Waals surface area contributed by atoms with Crippen LogP contribution in [0.3, 0.4) is 0 Å². The minimum Gasteiger partial charge on any atom is -0.421 e. The fraction of sp³-hybridized carbons (Fsp3) is 0.400. The molecule has 0 aliphatic carbocycles. The standard InChI is InChI=1S/C20H26N6O2/c1-7-26-14(5)18(13(4)25-26)12(3)21-20(27)22-17-10-16(9-8-11(17)2)19-24-23-15(6)28-19/h8-10,12H,7H2,1-6H3,(H2,21,22,27). The summed E-state index contributed by atoms with van der Waals surface area (Å²) in [5.41, 5.74) is 5.42. The van der Waals surface area contributed by atoms with Crippen molar-refractivity contribution >= 4 is 11.7 Å². The molecule has 2 amide bonds. The molecule has 8 nitrogen and oxygen atoms in total. The average Bonchev–Trinajstić information content (AvgIpc) is 3.19. The molecule has 0 saturated heterocycles. The molecular formula is C20H26N6O2. The first kappa shape index (κ1) is 19.6. The number of aryl methyl sites for hydroxylation is 4. The van der Waals surface area contributed by atoms with Crippen LogP contribution in [0.2, 0.25) is 0 Å². The van der Waals surface area contributed by atoms with Crippen LogP contribution in [0.4, 0.5) is 10.5 Å². The second-order valence-corrected chi connectivity index (χ2v) is 6.88.